The number of hydrogen-bond donors (Lipinski definition) is 1. The first kappa shape index (κ1) is 21.6. The molecule has 0 radical (unpaired) electrons. The molecule has 0 aliphatic carbocycles. The lowest BCUT2D eigenvalue weighted by atomic mass is 10.0. The number of carbonyl (C=O) groups excluding carboxylic acids is 1. The fourth-order valence-electron chi connectivity index (χ4n) is 3.56. The van der Waals surface area contributed by atoms with E-state index in [0.717, 1.165) is 53.6 Å². The molecule has 2 aromatic rings. The molecule has 156 valence electrons. The monoisotopic (exact) mass is 415 g/mol. The largest absolute Gasteiger partial charge is 0.483 e. The highest BCUT2D eigenvalue weighted by Crippen LogP contribution is 2.23. The van der Waals surface area contributed by atoms with Crippen molar-refractivity contribution in [2.75, 3.05) is 46.4 Å². The third-order valence-corrected chi connectivity index (χ3v) is 5.89. The molecule has 6 heteroatoms. The molecule has 1 aliphatic rings. The van der Waals surface area contributed by atoms with E-state index in [1.807, 2.05) is 56.3 Å². The van der Waals surface area contributed by atoms with Gasteiger partial charge in [-0.2, -0.15) is 0 Å². The van der Waals surface area contributed by atoms with Crippen LogP contribution < -0.4 is 10.1 Å². The number of carbonyl (C=O) groups is 1. The minimum absolute atomic E-state index is 0.0143. The molecule has 1 atom stereocenters. The van der Waals surface area contributed by atoms with E-state index in [-0.39, 0.29) is 18.6 Å². The second-order valence-electron chi connectivity index (χ2n) is 7.70. The van der Waals surface area contributed by atoms with Crippen LogP contribution >= 0.6 is 11.6 Å². The van der Waals surface area contributed by atoms with Crippen LogP contribution in [0, 0.1) is 13.8 Å². The Labute approximate surface area is 178 Å². The number of rotatable bonds is 7. The van der Waals surface area contributed by atoms with Crippen LogP contribution in [0.2, 0.25) is 5.02 Å². The molecule has 1 heterocycles. The zero-order valence-corrected chi connectivity index (χ0v) is 18.2. The van der Waals surface area contributed by atoms with E-state index in [1.165, 1.54) is 0 Å². The number of nitrogens with zero attached hydrogens (tertiary/aromatic N) is 2. The summed E-state index contributed by atoms with van der Waals surface area (Å²) in [4.78, 5) is 17.2. The van der Waals surface area contributed by atoms with Gasteiger partial charge >= 0.3 is 0 Å². The average Bonchev–Trinajstić information content (AvgIpc) is 2.71. The maximum Gasteiger partial charge on any atom is 0.258 e. The number of nitrogens with one attached hydrogen (secondary N) is 1. The third-order valence-electron chi connectivity index (χ3n) is 5.64. The molecule has 0 bridgehead atoms. The smallest absolute Gasteiger partial charge is 0.258 e. The number of amides is 1. The first-order valence-corrected chi connectivity index (χ1v) is 10.5. The van der Waals surface area contributed by atoms with Crippen molar-refractivity contribution in [1.29, 1.82) is 0 Å². The van der Waals surface area contributed by atoms with Gasteiger partial charge < -0.3 is 15.0 Å². The van der Waals surface area contributed by atoms with Crippen molar-refractivity contribution >= 4 is 17.5 Å². The summed E-state index contributed by atoms with van der Waals surface area (Å²) in [6.45, 7) is 8.58. The average molecular weight is 416 g/mol. The van der Waals surface area contributed by atoms with Crippen LogP contribution in [0.15, 0.2) is 42.5 Å². The molecule has 1 amide bonds. The molecule has 1 N–H and O–H groups in total. The lowest BCUT2D eigenvalue weighted by Gasteiger charge is -2.38. The van der Waals surface area contributed by atoms with Gasteiger partial charge in [-0.25, -0.2) is 0 Å². The minimum atomic E-state index is -0.112. The van der Waals surface area contributed by atoms with Crippen molar-refractivity contribution in [3.8, 4) is 5.75 Å². The summed E-state index contributed by atoms with van der Waals surface area (Å²) >= 11 is 6.07. The molecule has 0 unspecified atom stereocenters. The summed E-state index contributed by atoms with van der Waals surface area (Å²) < 4.78 is 5.74. The Morgan fingerprint density at radius 1 is 1.10 bits per heavy atom. The number of halogens is 1. The summed E-state index contributed by atoms with van der Waals surface area (Å²) in [6, 6.07) is 13.9. The molecular weight excluding hydrogens is 386 g/mol. The van der Waals surface area contributed by atoms with Gasteiger partial charge in [-0.05, 0) is 55.8 Å². The third kappa shape index (κ3) is 5.95. The van der Waals surface area contributed by atoms with Crippen LogP contribution in [0.25, 0.3) is 0 Å². The fourth-order valence-corrected chi connectivity index (χ4v) is 3.69. The van der Waals surface area contributed by atoms with Crippen molar-refractivity contribution in [2.45, 2.75) is 19.9 Å². The van der Waals surface area contributed by atoms with Gasteiger partial charge in [-0.1, -0.05) is 35.9 Å². The van der Waals surface area contributed by atoms with Crippen molar-refractivity contribution in [1.82, 2.24) is 15.1 Å². The topological polar surface area (TPSA) is 44.8 Å². The van der Waals surface area contributed by atoms with Crippen molar-refractivity contribution in [3.63, 3.8) is 0 Å². The fraction of sp³-hybridized carbons (Fsp3) is 0.435. The highest BCUT2D eigenvalue weighted by molar-refractivity contribution is 6.30. The Bertz CT molecular complexity index is 817. The highest BCUT2D eigenvalue weighted by atomic mass is 35.5. The zero-order valence-electron chi connectivity index (χ0n) is 17.5. The standard InChI is InChI=1S/C23H30ClN3O2/c1-17-5-4-6-22(18(17)2)29-16-23(28)25-15-21(19-7-9-20(24)10-8-19)27-13-11-26(3)12-14-27/h4-10,21H,11-16H2,1-3H3,(H,25,28)/t21-/m1/s1. The van der Waals surface area contributed by atoms with E-state index in [4.69, 9.17) is 16.3 Å². The predicted molar refractivity (Wildman–Crippen MR) is 118 cm³/mol. The molecule has 2 aromatic carbocycles. The Morgan fingerprint density at radius 3 is 2.48 bits per heavy atom. The summed E-state index contributed by atoms with van der Waals surface area (Å²) in [5, 5.41) is 3.78. The number of hydrogen-bond acceptors (Lipinski definition) is 4. The molecule has 0 spiro atoms. The van der Waals surface area contributed by atoms with Crippen LogP contribution in [0.1, 0.15) is 22.7 Å². The molecule has 1 fully saturated rings. The van der Waals surface area contributed by atoms with Crippen molar-refractivity contribution < 1.29 is 9.53 Å². The first-order chi connectivity index (χ1) is 13.9. The summed E-state index contributed by atoms with van der Waals surface area (Å²) in [6.07, 6.45) is 0. The van der Waals surface area contributed by atoms with Crippen LogP contribution in [0.3, 0.4) is 0 Å². The molecular formula is C23H30ClN3O2. The Morgan fingerprint density at radius 2 is 1.79 bits per heavy atom. The lowest BCUT2D eigenvalue weighted by molar-refractivity contribution is -0.123. The van der Waals surface area contributed by atoms with E-state index in [2.05, 4.69) is 22.2 Å². The number of likely N-dealkylation sites (N-methyl/N-ethyl adjacent to an activating group) is 1. The van der Waals surface area contributed by atoms with E-state index in [1.54, 1.807) is 0 Å². The maximum absolute atomic E-state index is 12.5. The van der Waals surface area contributed by atoms with Crippen LogP contribution in [0.4, 0.5) is 0 Å². The Hall–Kier alpha value is -2.08. The molecule has 0 aromatic heterocycles. The molecule has 29 heavy (non-hydrogen) atoms. The van der Waals surface area contributed by atoms with E-state index >= 15 is 0 Å². The van der Waals surface area contributed by atoms with Crippen molar-refractivity contribution in [3.05, 3.63) is 64.2 Å². The van der Waals surface area contributed by atoms with Crippen LogP contribution in [-0.2, 0) is 4.79 Å². The highest BCUT2D eigenvalue weighted by Gasteiger charge is 2.24. The summed E-state index contributed by atoms with van der Waals surface area (Å²) in [7, 11) is 2.14. The minimum Gasteiger partial charge on any atom is -0.483 e. The molecule has 1 aliphatic heterocycles. The first-order valence-electron chi connectivity index (χ1n) is 10.1. The zero-order chi connectivity index (χ0) is 20.8. The van der Waals surface area contributed by atoms with Gasteiger partial charge in [0.1, 0.15) is 5.75 Å². The van der Waals surface area contributed by atoms with Gasteiger partial charge in [-0.3, -0.25) is 9.69 Å². The second kappa shape index (κ2) is 10.1. The predicted octanol–water partition coefficient (Wildman–Crippen LogP) is 3.44. The van der Waals surface area contributed by atoms with Gasteiger partial charge in [-0.15, -0.1) is 0 Å². The number of aryl methyl sites for hydroxylation is 1. The summed E-state index contributed by atoms with van der Waals surface area (Å²) in [5.41, 5.74) is 3.38. The maximum atomic E-state index is 12.5. The lowest BCUT2D eigenvalue weighted by Crippen LogP contribution is -2.48. The van der Waals surface area contributed by atoms with Gasteiger partial charge in [0, 0.05) is 37.7 Å². The van der Waals surface area contributed by atoms with Crippen molar-refractivity contribution in [2.24, 2.45) is 0 Å². The van der Waals surface area contributed by atoms with E-state index in [0.29, 0.717) is 6.54 Å². The van der Waals surface area contributed by atoms with E-state index in [9.17, 15) is 4.79 Å². The molecule has 5 nitrogen and oxygen atoms in total. The van der Waals surface area contributed by atoms with Gasteiger partial charge in [0.2, 0.25) is 0 Å². The molecule has 3 rings (SSSR count). The molecule has 0 saturated carbocycles. The van der Waals surface area contributed by atoms with Crippen LogP contribution in [-0.4, -0.2) is 62.1 Å². The number of benzene rings is 2. The van der Waals surface area contributed by atoms with Gasteiger partial charge in [0.15, 0.2) is 6.61 Å². The normalized spacial score (nSPS) is 16.4. The van der Waals surface area contributed by atoms with E-state index < -0.39 is 0 Å². The quantitative estimate of drug-likeness (QED) is 0.752. The number of piperazine rings is 1. The SMILES string of the molecule is Cc1cccc(OCC(=O)NC[C@H](c2ccc(Cl)cc2)N2CCN(C)CC2)c1C. The Balaban J connectivity index is 1.60. The summed E-state index contributed by atoms with van der Waals surface area (Å²) in [5.74, 6) is 0.646. The van der Waals surface area contributed by atoms with Gasteiger partial charge in [0.25, 0.3) is 5.91 Å². The Kier molecular flexibility index (Phi) is 7.53. The molecule has 1 saturated heterocycles. The van der Waals surface area contributed by atoms with Gasteiger partial charge in [0.05, 0.1) is 6.04 Å². The number of ether oxygens (including phenoxy) is 1. The second-order valence-corrected chi connectivity index (χ2v) is 8.13. The van der Waals surface area contributed by atoms with Crippen LogP contribution in [0.5, 0.6) is 5.75 Å².